The van der Waals surface area contributed by atoms with Crippen molar-refractivity contribution in [2.45, 2.75) is 25.9 Å². The van der Waals surface area contributed by atoms with E-state index in [1.807, 2.05) is 0 Å². The SMILES string of the molecule is O=C(COc1cccc(Cl)c1)NCc1ccc(CN2CCCC2)cc1. The number of halogens is 1. The highest BCUT2D eigenvalue weighted by molar-refractivity contribution is 6.30. The van der Waals surface area contributed by atoms with Gasteiger partial charge in [0.05, 0.1) is 0 Å². The summed E-state index contributed by atoms with van der Waals surface area (Å²) < 4.78 is 5.43. The minimum Gasteiger partial charge on any atom is -0.484 e. The van der Waals surface area contributed by atoms with E-state index < -0.39 is 0 Å². The molecule has 1 aliphatic rings. The number of carbonyl (C=O) groups is 1. The van der Waals surface area contributed by atoms with Gasteiger partial charge >= 0.3 is 0 Å². The number of hydrogen-bond donors (Lipinski definition) is 1. The van der Waals surface area contributed by atoms with Crippen molar-refractivity contribution in [2.24, 2.45) is 0 Å². The second-order valence-electron chi connectivity index (χ2n) is 6.32. The molecule has 0 unspecified atom stereocenters. The molecule has 25 heavy (non-hydrogen) atoms. The van der Waals surface area contributed by atoms with E-state index in [-0.39, 0.29) is 12.5 Å². The van der Waals surface area contributed by atoms with Crippen molar-refractivity contribution in [3.05, 3.63) is 64.7 Å². The lowest BCUT2D eigenvalue weighted by molar-refractivity contribution is -0.123. The lowest BCUT2D eigenvalue weighted by Crippen LogP contribution is -2.28. The van der Waals surface area contributed by atoms with Gasteiger partial charge in [0, 0.05) is 18.1 Å². The molecule has 0 aliphatic carbocycles. The zero-order valence-corrected chi connectivity index (χ0v) is 15.0. The molecule has 2 aromatic carbocycles. The number of carbonyl (C=O) groups excluding carboxylic acids is 1. The van der Waals surface area contributed by atoms with Crippen LogP contribution in [0.1, 0.15) is 24.0 Å². The van der Waals surface area contributed by atoms with E-state index in [1.54, 1.807) is 24.3 Å². The zero-order valence-electron chi connectivity index (χ0n) is 14.2. The molecule has 0 bridgehead atoms. The third kappa shape index (κ3) is 5.76. The molecule has 0 spiro atoms. The number of rotatable bonds is 7. The minimum atomic E-state index is -0.152. The Labute approximate surface area is 153 Å². The molecule has 5 heteroatoms. The molecule has 132 valence electrons. The molecular formula is C20H23ClN2O2. The Bertz CT molecular complexity index is 697. The standard InChI is InChI=1S/C20H23ClN2O2/c21-18-4-3-5-19(12-18)25-15-20(24)22-13-16-6-8-17(9-7-16)14-23-10-1-2-11-23/h3-9,12H,1-2,10-11,13-15H2,(H,22,24). The maximum Gasteiger partial charge on any atom is 0.258 e. The Morgan fingerprint density at radius 2 is 1.80 bits per heavy atom. The monoisotopic (exact) mass is 358 g/mol. The van der Waals surface area contributed by atoms with Gasteiger partial charge in [-0.1, -0.05) is 41.9 Å². The van der Waals surface area contributed by atoms with Crippen LogP contribution in [0.5, 0.6) is 5.75 Å². The van der Waals surface area contributed by atoms with Crippen molar-refractivity contribution < 1.29 is 9.53 Å². The molecule has 0 atom stereocenters. The molecular weight excluding hydrogens is 336 g/mol. The highest BCUT2D eigenvalue weighted by atomic mass is 35.5. The molecule has 3 rings (SSSR count). The van der Waals surface area contributed by atoms with Gasteiger partial charge < -0.3 is 10.1 Å². The smallest absolute Gasteiger partial charge is 0.258 e. The molecule has 4 nitrogen and oxygen atoms in total. The molecule has 0 aromatic heterocycles. The van der Waals surface area contributed by atoms with Gasteiger partial charge in [0.15, 0.2) is 6.61 Å². The summed E-state index contributed by atoms with van der Waals surface area (Å²) >= 11 is 5.88. The summed E-state index contributed by atoms with van der Waals surface area (Å²) in [5.41, 5.74) is 2.41. The van der Waals surface area contributed by atoms with Gasteiger partial charge in [0.25, 0.3) is 5.91 Å². The first-order valence-corrected chi connectivity index (χ1v) is 9.02. The fourth-order valence-corrected chi connectivity index (χ4v) is 3.10. The van der Waals surface area contributed by atoms with E-state index >= 15 is 0 Å². The Balaban J connectivity index is 1.40. The fraction of sp³-hybridized carbons (Fsp3) is 0.350. The maximum atomic E-state index is 11.9. The van der Waals surface area contributed by atoms with E-state index in [0.717, 1.165) is 12.1 Å². The van der Waals surface area contributed by atoms with Crippen LogP contribution in [0.15, 0.2) is 48.5 Å². The van der Waals surface area contributed by atoms with E-state index in [9.17, 15) is 4.79 Å². The van der Waals surface area contributed by atoms with E-state index in [2.05, 4.69) is 34.5 Å². The highest BCUT2D eigenvalue weighted by Crippen LogP contribution is 2.17. The van der Waals surface area contributed by atoms with Gasteiger partial charge in [0.1, 0.15) is 5.75 Å². The number of nitrogens with zero attached hydrogens (tertiary/aromatic N) is 1. The van der Waals surface area contributed by atoms with Crippen molar-refractivity contribution in [3.8, 4) is 5.75 Å². The van der Waals surface area contributed by atoms with Crippen molar-refractivity contribution >= 4 is 17.5 Å². The minimum absolute atomic E-state index is 0.0205. The third-order valence-corrected chi connectivity index (χ3v) is 4.52. The summed E-state index contributed by atoms with van der Waals surface area (Å²) in [6, 6.07) is 15.4. The summed E-state index contributed by atoms with van der Waals surface area (Å²) in [6.07, 6.45) is 2.61. The Morgan fingerprint density at radius 1 is 1.08 bits per heavy atom. The van der Waals surface area contributed by atoms with Crippen LogP contribution in [0, 0.1) is 0 Å². The van der Waals surface area contributed by atoms with Crippen molar-refractivity contribution in [1.82, 2.24) is 10.2 Å². The number of benzene rings is 2. The van der Waals surface area contributed by atoms with Crippen molar-refractivity contribution in [2.75, 3.05) is 19.7 Å². The maximum absolute atomic E-state index is 11.9. The van der Waals surface area contributed by atoms with Crippen LogP contribution in [-0.4, -0.2) is 30.5 Å². The van der Waals surface area contributed by atoms with E-state index in [0.29, 0.717) is 17.3 Å². The van der Waals surface area contributed by atoms with Gasteiger partial charge in [-0.05, 0) is 55.3 Å². The second kappa shape index (κ2) is 8.88. The van der Waals surface area contributed by atoms with Gasteiger partial charge in [0.2, 0.25) is 0 Å². The molecule has 0 radical (unpaired) electrons. The Morgan fingerprint density at radius 3 is 2.52 bits per heavy atom. The summed E-state index contributed by atoms with van der Waals surface area (Å²) in [6.45, 7) is 3.89. The van der Waals surface area contributed by atoms with Crippen LogP contribution in [0.3, 0.4) is 0 Å². The van der Waals surface area contributed by atoms with Crippen LogP contribution in [0.4, 0.5) is 0 Å². The van der Waals surface area contributed by atoms with Gasteiger partial charge in [-0.2, -0.15) is 0 Å². The largest absolute Gasteiger partial charge is 0.484 e. The number of amides is 1. The fourth-order valence-electron chi connectivity index (χ4n) is 2.92. The molecule has 1 N–H and O–H groups in total. The molecule has 1 aliphatic heterocycles. The van der Waals surface area contributed by atoms with Crippen LogP contribution < -0.4 is 10.1 Å². The van der Waals surface area contributed by atoms with E-state index in [1.165, 1.54) is 31.5 Å². The molecule has 1 amide bonds. The molecule has 1 fully saturated rings. The van der Waals surface area contributed by atoms with Gasteiger partial charge in [-0.3, -0.25) is 9.69 Å². The number of hydrogen-bond acceptors (Lipinski definition) is 3. The quantitative estimate of drug-likeness (QED) is 0.821. The Kier molecular flexibility index (Phi) is 6.31. The summed E-state index contributed by atoms with van der Waals surface area (Å²) in [5, 5.41) is 3.46. The Hall–Kier alpha value is -2.04. The average molecular weight is 359 g/mol. The van der Waals surface area contributed by atoms with Crippen molar-refractivity contribution in [3.63, 3.8) is 0 Å². The zero-order chi connectivity index (χ0) is 17.5. The third-order valence-electron chi connectivity index (χ3n) is 4.28. The lowest BCUT2D eigenvalue weighted by atomic mass is 10.1. The average Bonchev–Trinajstić information content (AvgIpc) is 3.12. The highest BCUT2D eigenvalue weighted by Gasteiger charge is 2.11. The normalized spacial score (nSPS) is 14.4. The second-order valence-corrected chi connectivity index (χ2v) is 6.76. The predicted octanol–water partition coefficient (Wildman–Crippen LogP) is 3.63. The first kappa shape index (κ1) is 17.8. The summed E-state index contributed by atoms with van der Waals surface area (Å²) in [7, 11) is 0. The first-order chi connectivity index (χ1) is 12.2. The van der Waals surface area contributed by atoms with Crippen LogP contribution in [0.25, 0.3) is 0 Å². The van der Waals surface area contributed by atoms with Crippen LogP contribution >= 0.6 is 11.6 Å². The van der Waals surface area contributed by atoms with Gasteiger partial charge in [-0.15, -0.1) is 0 Å². The van der Waals surface area contributed by atoms with Crippen LogP contribution in [-0.2, 0) is 17.9 Å². The molecule has 1 heterocycles. The first-order valence-electron chi connectivity index (χ1n) is 8.64. The predicted molar refractivity (Wildman–Crippen MR) is 99.7 cm³/mol. The number of ether oxygens (including phenoxy) is 1. The van der Waals surface area contributed by atoms with E-state index in [4.69, 9.17) is 16.3 Å². The van der Waals surface area contributed by atoms with Gasteiger partial charge in [-0.25, -0.2) is 0 Å². The lowest BCUT2D eigenvalue weighted by Gasteiger charge is -2.14. The summed E-state index contributed by atoms with van der Waals surface area (Å²) in [4.78, 5) is 14.4. The topological polar surface area (TPSA) is 41.6 Å². The number of likely N-dealkylation sites (tertiary alicyclic amines) is 1. The van der Waals surface area contributed by atoms with Crippen LogP contribution in [0.2, 0.25) is 5.02 Å². The molecule has 1 saturated heterocycles. The molecule has 2 aromatic rings. The summed E-state index contributed by atoms with van der Waals surface area (Å²) in [5.74, 6) is 0.440. The number of nitrogens with one attached hydrogen (secondary N) is 1. The molecule has 0 saturated carbocycles. The van der Waals surface area contributed by atoms with Crippen molar-refractivity contribution in [1.29, 1.82) is 0 Å².